The summed E-state index contributed by atoms with van der Waals surface area (Å²) in [6, 6.07) is 5.31. The number of methoxy groups -OCH3 is 1. The molecule has 0 aliphatic heterocycles. The third kappa shape index (κ3) is 3.87. The second-order valence-corrected chi connectivity index (χ2v) is 5.05. The summed E-state index contributed by atoms with van der Waals surface area (Å²) in [6.07, 6.45) is 2.65. The Morgan fingerprint density at radius 2 is 2.20 bits per heavy atom. The fourth-order valence-electron chi connectivity index (χ4n) is 2.14. The molecule has 0 bridgehead atoms. The van der Waals surface area contributed by atoms with Crippen molar-refractivity contribution in [1.82, 2.24) is 0 Å². The first-order valence-corrected chi connectivity index (χ1v) is 7.00. The quantitative estimate of drug-likeness (QED) is 0.801. The van der Waals surface area contributed by atoms with Crippen LogP contribution in [-0.4, -0.2) is 25.7 Å². The molecule has 1 aliphatic rings. The smallest absolute Gasteiger partial charge is 0.225 e. The topological polar surface area (TPSA) is 73.6 Å². The third-order valence-corrected chi connectivity index (χ3v) is 3.40. The molecule has 1 fully saturated rings. The molecule has 1 aliphatic carbocycles. The van der Waals surface area contributed by atoms with Crippen LogP contribution in [0.5, 0.6) is 11.5 Å². The van der Waals surface area contributed by atoms with E-state index in [0.29, 0.717) is 36.1 Å². The van der Waals surface area contributed by atoms with Crippen LogP contribution in [0.1, 0.15) is 26.2 Å². The Morgan fingerprint density at radius 1 is 1.45 bits per heavy atom. The monoisotopic (exact) mass is 278 g/mol. The predicted octanol–water partition coefficient (Wildman–Crippen LogP) is 2.16. The molecule has 0 spiro atoms. The van der Waals surface area contributed by atoms with Gasteiger partial charge in [0, 0.05) is 24.2 Å². The molecule has 20 heavy (non-hydrogen) atoms. The Hall–Kier alpha value is -1.75. The maximum Gasteiger partial charge on any atom is 0.225 e. The largest absolute Gasteiger partial charge is 0.493 e. The standard InChI is InChI=1S/C15H22N2O3/c1-3-20-14-8-11(6-7-13(14)19-2)17-15(18)9-12(16)10-4-5-10/h6-8,10,12H,3-5,9,16H2,1-2H3,(H,17,18). The van der Waals surface area contributed by atoms with E-state index in [-0.39, 0.29) is 11.9 Å². The van der Waals surface area contributed by atoms with Crippen LogP contribution in [0.3, 0.4) is 0 Å². The average Bonchev–Trinajstić information content (AvgIpc) is 3.23. The third-order valence-electron chi connectivity index (χ3n) is 3.40. The molecule has 0 aromatic heterocycles. The Bertz CT molecular complexity index is 472. The SMILES string of the molecule is CCOc1cc(NC(=O)CC(N)C2CC2)ccc1OC. The van der Waals surface area contributed by atoms with Gasteiger partial charge in [0.05, 0.1) is 13.7 Å². The van der Waals surface area contributed by atoms with Crippen molar-refractivity contribution in [2.75, 3.05) is 19.0 Å². The molecule has 1 aromatic carbocycles. The zero-order chi connectivity index (χ0) is 14.5. The molecule has 1 atom stereocenters. The fraction of sp³-hybridized carbons (Fsp3) is 0.533. The zero-order valence-electron chi connectivity index (χ0n) is 12.0. The van der Waals surface area contributed by atoms with Crippen molar-refractivity contribution in [3.63, 3.8) is 0 Å². The Kier molecular flexibility index (Phi) is 4.84. The fourth-order valence-corrected chi connectivity index (χ4v) is 2.14. The lowest BCUT2D eigenvalue weighted by molar-refractivity contribution is -0.116. The molecule has 1 aromatic rings. The van der Waals surface area contributed by atoms with Gasteiger partial charge in [0.15, 0.2) is 11.5 Å². The summed E-state index contributed by atoms with van der Waals surface area (Å²) < 4.78 is 10.7. The van der Waals surface area contributed by atoms with Crippen molar-refractivity contribution in [2.45, 2.75) is 32.2 Å². The minimum atomic E-state index is -0.0583. The van der Waals surface area contributed by atoms with E-state index < -0.39 is 0 Å². The van der Waals surface area contributed by atoms with Gasteiger partial charge in [-0.3, -0.25) is 4.79 Å². The van der Waals surface area contributed by atoms with Crippen LogP contribution in [0, 0.1) is 5.92 Å². The molecule has 5 nitrogen and oxygen atoms in total. The highest BCUT2D eigenvalue weighted by molar-refractivity contribution is 5.91. The summed E-state index contributed by atoms with van der Waals surface area (Å²) in [4.78, 5) is 11.9. The highest BCUT2D eigenvalue weighted by Crippen LogP contribution is 2.33. The number of hydrogen-bond acceptors (Lipinski definition) is 4. The maximum atomic E-state index is 11.9. The number of rotatable bonds is 7. The van der Waals surface area contributed by atoms with Gasteiger partial charge >= 0.3 is 0 Å². The van der Waals surface area contributed by atoms with Crippen molar-refractivity contribution in [3.8, 4) is 11.5 Å². The zero-order valence-corrected chi connectivity index (χ0v) is 12.0. The lowest BCUT2D eigenvalue weighted by Crippen LogP contribution is -2.28. The molecule has 3 N–H and O–H groups in total. The number of nitrogens with two attached hydrogens (primary N) is 1. The van der Waals surface area contributed by atoms with E-state index in [1.54, 1.807) is 25.3 Å². The summed E-state index contributed by atoms with van der Waals surface area (Å²) in [5.41, 5.74) is 6.65. The van der Waals surface area contributed by atoms with Crippen LogP contribution in [0.4, 0.5) is 5.69 Å². The molecule has 2 rings (SSSR count). The first-order chi connectivity index (χ1) is 9.63. The molecule has 1 unspecified atom stereocenters. The summed E-state index contributed by atoms with van der Waals surface area (Å²) in [5, 5.41) is 2.85. The van der Waals surface area contributed by atoms with Gasteiger partial charge in [-0.15, -0.1) is 0 Å². The Balaban J connectivity index is 1.97. The van der Waals surface area contributed by atoms with Gasteiger partial charge in [0.25, 0.3) is 0 Å². The maximum absolute atomic E-state index is 11.9. The average molecular weight is 278 g/mol. The molecule has 0 saturated heterocycles. The van der Waals surface area contributed by atoms with E-state index in [9.17, 15) is 4.79 Å². The van der Waals surface area contributed by atoms with Crippen LogP contribution in [0.2, 0.25) is 0 Å². The molecule has 0 heterocycles. The summed E-state index contributed by atoms with van der Waals surface area (Å²) in [6.45, 7) is 2.44. The number of carbonyl (C=O) groups excluding carboxylic acids is 1. The highest BCUT2D eigenvalue weighted by Gasteiger charge is 2.29. The van der Waals surface area contributed by atoms with Crippen molar-refractivity contribution in [3.05, 3.63) is 18.2 Å². The number of benzene rings is 1. The lowest BCUT2D eigenvalue weighted by atomic mass is 10.1. The van der Waals surface area contributed by atoms with Gasteiger partial charge in [-0.2, -0.15) is 0 Å². The van der Waals surface area contributed by atoms with Crippen molar-refractivity contribution < 1.29 is 14.3 Å². The normalized spacial score (nSPS) is 15.6. The van der Waals surface area contributed by atoms with Crippen LogP contribution < -0.4 is 20.5 Å². The Morgan fingerprint density at radius 3 is 2.80 bits per heavy atom. The van der Waals surface area contributed by atoms with Crippen LogP contribution in [0.15, 0.2) is 18.2 Å². The molecule has 1 amide bonds. The molecule has 110 valence electrons. The van der Waals surface area contributed by atoms with E-state index in [1.165, 1.54) is 0 Å². The van der Waals surface area contributed by atoms with Crippen molar-refractivity contribution >= 4 is 11.6 Å². The predicted molar refractivity (Wildman–Crippen MR) is 78.1 cm³/mol. The molecule has 5 heteroatoms. The summed E-state index contributed by atoms with van der Waals surface area (Å²) in [5.74, 6) is 1.74. The number of hydrogen-bond donors (Lipinski definition) is 2. The van der Waals surface area contributed by atoms with Gasteiger partial charge in [-0.25, -0.2) is 0 Å². The van der Waals surface area contributed by atoms with E-state index >= 15 is 0 Å². The molecule has 0 radical (unpaired) electrons. The number of nitrogens with one attached hydrogen (secondary N) is 1. The molecular formula is C15H22N2O3. The molecule has 1 saturated carbocycles. The van der Waals surface area contributed by atoms with E-state index in [4.69, 9.17) is 15.2 Å². The van der Waals surface area contributed by atoms with Crippen LogP contribution >= 0.6 is 0 Å². The van der Waals surface area contributed by atoms with E-state index in [1.807, 2.05) is 6.92 Å². The summed E-state index contributed by atoms with van der Waals surface area (Å²) in [7, 11) is 1.59. The number of amides is 1. The van der Waals surface area contributed by atoms with E-state index in [2.05, 4.69) is 5.32 Å². The van der Waals surface area contributed by atoms with Gasteiger partial charge in [0.2, 0.25) is 5.91 Å². The van der Waals surface area contributed by atoms with Crippen LogP contribution in [0.25, 0.3) is 0 Å². The first-order valence-electron chi connectivity index (χ1n) is 7.00. The van der Waals surface area contributed by atoms with Crippen molar-refractivity contribution in [2.24, 2.45) is 11.7 Å². The second kappa shape index (κ2) is 6.61. The van der Waals surface area contributed by atoms with E-state index in [0.717, 1.165) is 12.8 Å². The lowest BCUT2D eigenvalue weighted by Gasteiger charge is -2.13. The number of anilines is 1. The summed E-state index contributed by atoms with van der Waals surface area (Å²) >= 11 is 0. The highest BCUT2D eigenvalue weighted by atomic mass is 16.5. The molecular weight excluding hydrogens is 256 g/mol. The first kappa shape index (κ1) is 14.7. The second-order valence-electron chi connectivity index (χ2n) is 5.05. The number of ether oxygens (including phenoxy) is 2. The minimum Gasteiger partial charge on any atom is -0.493 e. The van der Waals surface area contributed by atoms with Crippen molar-refractivity contribution in [1.29, 1.82) is 0 Å². The van der Waals surface area contributed by atoms with Gasteiger partial charge in [-0.05, 0) is 37.8 Å². The number of carbonyl (C=O) groups is 1. The minimum absolute atomic E-state index is 0.0281. The van der Waals surface area contributed by atoms with Gasteiger partial charge in [-0.1, -0.05) is 0 Å². The van der Waals surface area contributed by atoms with Gasteiger partial charge < -0.3 is 20.5 Å². The van der Waals surface area contributed by atoms with Crippen LogP contribution in [-0.2, 0) is 4.79 Å². The Labute approximate surface area is 119 Å². The van der Waals surface area contributed by atoms with Gasteiger partial charge in [0.1, 0.15) is 0 Å².